The summed E-state index contributed by atoms with van der Waals surface area (Å²) in [6.45, 7) is 5.47. The summed E-state index contributed by atoms with van der Waals surface area (Å²) in [4.78, 5) is 33.4. The molecule has 2 heterocycles. The summed E-state index contributed by atoms with van der Waals surface area (Å²) >= 11 is 6.09. The number of fused-ring (bicyclic) bond motifs is 1. The number of carbonyl (C=O) groups is 2. The van der Waals surface area contributed by atoms with E-state index in [4.69, 9.17) is 26.8 Å². The molecule has 1 saturated heterocycles. The highest BCUT2D eigenvalue weighted by molar-refractivity contribution is 6.32. The number of halogens is 3. The van der Waals surface area contributed by atoms with Crippen molar-refractivity contribution in [3.63, 3.8) is 0 Å². The molecule has 196 valence electrons. The van der Waals surface area contributed by atoms with E-state index in [9.17, 15) is 14.0 Å². The highest BCUT2D eigenvalue weighted by Gasteiger charge is 2.31. The van der Waals surface area contributed by atoms with Crippen molar-refractivity contribution < 1.29 is 27.8 Å². The Morgan fingerprint density at radius 3 is 2.41 bits per heavy atom. The summed E-state index contributed by atoms with van der Waals surface area (Å²) in [5, 5.41) is -0.207. The first-order valence-electron chi connectivity index (χ1n) is 11.6. The maximum atomic E-state index is 15.4. The van der Waals surface area contributed by atoms with Gasteiger partial charge in [0.2, 0.25) is 6.86 Å². The normalized spacial score (nSPS) is 14.1. The topological polar surface area (TPSA) is 98.0 Å². The van der Waals surface area contributed by atoms with E-state index in [2.05, 4.69) is 4.98 Å². The Morgan fingerprint density at radius 2 is 1.78 bits per heavy atom. The molecule has 0 unspecified atom stereocenters. The molecular weight excluding hydrogens is 506 g/mol. The van der Waals surface area contributed by atoms with Crippen LogP contribution in [0, 0.1) is 5.82 Å². The molecule has 2 N–H and O–H groups in total. The molecule has 0 aliphatic carbocycles. The van der Waals surface area contributed by atoms with Gasteiger partial charge in [-0.1, -0.05) is 29.8 Å². The van der Waals surface area contributed by atoms with E-state index < -0.39 is 30.3 Å². The molecule has 2 amide bonds. The fourth-order valence-electron chi connectivity index (χ4n) is 4.29. The number of primary amides is 1. The smallest absolute Gasteiger partial charge is 0.410 e. The van der Waals surface area contributed by atoms with Gasteiger partial charge in [0.05, 0.1) is 16.1 Å². The van der Waals surface area contributed by atoms with Crippen LogP contribution in [0.25, 0.3) is 22.0 Å². The van der Waals surface area contributed by atoms with E-state index in [0.29, 0.717) is 26.2 Å². The van der Waals surface area contributed by atoms with Gasteiger partial charge in [-0.15, -0.1) is 0 Å². The number of anilines is 1. The van der Waals surface area contributed by atoms with Crippen molar-refractivity contribution in [1.29, 1.82) is 0 Å². The highest BCUT2D eigenvalue weighted by Crippen LogP contribution is 2.43. The van der Waals surface area contributed by atoms with Crippen molar-refractivity contribution in [2.45, 2.75) is 26.4 Å². The lowest BCUT2D eigenvalue weighted by molar-refractivity contribution is 0.0240. The molecule has 1 aliphatic heterocycles. The van der Waals surface area contributed by atoms with Gasteiger partial charge in [0.25, 0.3) is 5.91 Å². The Labute approximate surface area is 217 Å². The molecule has 1 aliphatic rings. The number of hydrogen-bond donors (Lipinski definition) is 1. The van der Waals surface area contributed by atoms with E-state index in [1.54, 1.807) is 48.8 Å². The SMILES string of the molecule is CC(C)(C)OC(=O)N1CCN(c2nc3ccc(Cl)c(F)c3c(-c3ccccc3OCF)c2C(N)=O)CC1. The molecule has 4 rings (SSSR count). The summed E-state index contributed by atoms with van der Waals surface area (Å²) in [5.41, 5.74) is 5.74. The first kappa shape index (κ1) is 26.4. The van der Waals surface area contributed by atoms with Gasteiger partial charge in [0.15, 0.2) is 5.82 Å². The minimum Gasteiger partial charge on any atom is -0.462 e. The zero-order valence-electron chi connectivity index (χ0n) is 20.7. The Morgan fingerprint density at radius 1 is 1.11 bits per heavy atom. The van der Waals surface area contributed by atoms with E-state index in [0.717, 1.165) is 0 Å². The third-order valence-corrected chi connectivity index (χ3v) is 6.16. The Hall–Kier alpha value is -3.66. The fourth-order valence-corrected chi connectivity index (χ4v) is 4.45. The van der Waals surface area contributed by atoms with Crippen LogP contribution in [0.2, 0.25) is 5.02 Å². The Kier molecular flexibility index (Phi) is 7.40. The van der Waals surface area contributed by atoms with E-state index in [-0.39, 0.29) is 44.2 Å². The van der Waals surface area contributed by atoms with Crippen LogP contribution in [0.1, 0.15) is 31.1 Å². The molecule has 3 aromatic rings. The number of rotatable bonds is 5. The van der Waals surface area contributed by atoms with Gasteiger partial charge in [-0.25, -0.2) is 18.6 Å². The minimum atomic E-state index is -1.13. The maximum Gasteiger partial charge on any atom is 0.410 e. The zero-order valence-corrected chi connectivity index (χ0v) is 21.4. The number of hydrogen-bond acceptors (Lipinski definition) is 6. The second-order valence-corrected chi connectivity index (χ2v) is 9.92. The number of nitrogens with two attached hydrogens (primary N) is 1. The van der Waals surface area contributed by atoms with E-state index in [1.165, 1.54) is 18.2 Å². The van der Waals surface area contributed by atoms with Crippen LogP contribution in [0.3, 0.4) is 0 Å². The summed E-state index contributed by atoms with van der Waals surface area (Å²) < 4.78 is 39.2. The summed E-state index contributed by atoms with van der Waals surface area (Å²) in [6.07, 6.45) is -0.441. The summed E-state index contributed by atoms with van der Waals surface area (Å²) in [6, 6.07) is 9.27. The second kappa shape index (κ2) is 10.4. The van der Waals surface area contributed by atoms with Crippen molar-refractivity contribution in [3.8, 4) is 16.9 Å². The lowest BCUT2D eigenvalue weighted by atomic mass is 9.93. The zero-order chi connectivity index (χ0) is 26.9. The highest BCUT2D eigenvalue weighted by atomic mass is 35.5. The number of carbonyl (C=O) groups excluding carboxylic acids is 2. The van der Waals surface area contributed by atoms with Gasteiger partial charge in [0.1, 0.15) is 17.2 Å². The molecule has 8 nitrogen and oxygen atoms in total. The van der Waals surface area contributed by atoms with E-state index >= 15 is 4.39 Å². The molecule has 1 aromatic heterocycles. The van der Waals surface area contributed by atoms with Crippen LogP contribution < -0.4 is 15.4 Å². The van der Waals surface area contributed by atoms with Crippen molar-refractivity contribution in [2.75, 3.05) is 37.9 Å². The van der Waals surface area contributed by atoms with Crippen LogP contribution >= 0.6 is 11.6 Å². The van der Waals surface area contributed by atoms with Crippen LogP contribution in [-0.4, -0.2) is 60.5 Å². The predicted molar refractivity (Wildman–Crippen MR) is 137 cm³/mol. The summed E-state index contributed by atoms with van der Waals surface area (Å²) in [7, 11) is 0. The Balaban J connectivity index is 1.86. The third-order valence-electron chi connectivity index (χ3n) is 5.87. The number of nitrogens with zero attached hydrogens (tertiary/aromatic N) is 3. The van der Waals surface area contributed by atoms with Gasteiger partial charge in [-0.2, -0.15) is 0 Å². The molecule has 37 heavy (non-hydrogen) atoms. The average Bonchev–Trinajstić information content (AvgIpc) is 2.85. The van der Waals surface area contributed by atoms with Crippen LogP contribution in [-0.2, 0) is 4.74 Å². The Bertz CT molecular complexity index is 1350. The summed E-state index contributed by atoms with van der Waals surface area (Å²) in [5.74, 6) is -1.33. The maximum absolute atomic E-state index is 15.4. The number of amides is 2. The molecule has 0 bridgehead atoms. The van der Waals surface area contributed by atoms with Gasteiger partial charge in [-0.05, 0) is 39.0 Å². The van der Waals surface area contributed by atoms with Crippen LogP contribution in [0.4, 0.5) is 19.4 Å². The lowest BCUT2D eigenvalue weighted by Crippen LogP contribution is -2.50. The van der Waals surface area contributed by atoms with Crippen molar-refractivity contribution in [3.05, 3.63) is 52.8 Å². The van der Waals surface area contributed by atoms with Gasteiger partial charge >= 0.3 is 6.09 Å². The number of para-hydroxylation sites is 1. The molecule has 0 saturated carbocycles. The molecule has 2 aromatic carbocycles. The standard InChI is InChI=1S/C26H27ClF2N4O4/c1-26(2,3)37-25(35)33-12-10-32(11-13-33)24-21(23(30)34)19(15-6-4-5-7-18(15)36-14-28)20-17(31-24)9-8-16(27)22(20)29/h4-9H,10-14H2,1-3H3,(H2,30,34). The van der Waals surface area contributed by atoms with E-state index in [1.807, 2.05) is 0 Å². The van der Waals surface area contributed by atoms with Crippen LogP contribution in [0.15, 0.2) is 36.4 Å². The molecular formula is C26H27ClF2N4O4. The molecule has 11 heteroatoms. The van der Waals surface area contributed by atoms with Crippen molar-refractivity contribution in [1.82, 2.24) is 9.88 Å². The minimum absolute atomic E-state index is 0.0349. The molecule has 0 atom stereocenters. The number of piperazine rings is 1. The molecule has 1 fully saturated rings. The third kappa shape index (κ3) is 5.39. The van der Waals surface area contributed by atoms with Gasteiger partial charge in [0, 0.05) is 42.7 Å². The lowest BCUT2D eigenvalue weighted by Gasteiger charge is -2.37. The quantitative estimate of drug-likeness (QED) is 0.487. The molecule has 0 spiro atoms. The van der Waals surface area contributed by atoms with Crippen LogP contribution in [0.5, 0.6) is 5.75 Å². The first-order chi connectivity index (χ1) is 17.5. The number of aromatic nitrogens is 1. The number of alkyl halides is 1. The van der Waals surface area contributed by atoms with Gasteiger partial charge in [-0.3, -0.25) is 4.79 Å². The number of pyridine rings is 1. The molecule has 0 radical (unpaired) electrons. The monoisotopic (exact) mass is 532 g/mol. The first-order valence-corrected chi connectivity index (χ1v) is 12.0. The number of ether oxygens (including phenoxy) is 2. The number of benzene rings is 2. The van der Waals surface area contributed by atoms with Gasteiger partial charge < -0.3 is 25.0 Å². The fraction of sp³-hybridized carbons (Fsp3) is 0.346. The van der Waals surface area contributed by atoms with Crippen molar-refractivity contribution >= 4 is 40.3 Å². The van der Waals surface area contributed by atoms with Crippen molar-refractivity contribution in [2.24, 2.45) is 5.73 Å². The average molecular weight is 533 g/mol. The second-order valence-electron chi connectivity index (χ2n) is 9.51. The predicted octanol–water partition coefficient (Wildman–Crippen LogP) is 5.16. The largest absolute Gasteiger partial charge is 0.462 e.